The van der Waals surface area contributed by atoms with E-state index in [0.717, 1.165) is 0 Å². The highest BCUT2D eigenvalue weighted by Crippen LogP contribution is 2.24. The highest BCUT2D eigenvalue weighted by Gasteiger charge is 2.12. The molecular formula is C13H18N4O. The van der Waals surface area contributed by atoms with Crippen molar-refractivity contribution in [3.05, 3.63) is 23.8 Å². The largest absolute Gasteiger partial charge is 0.396 e. The highest BCUT2D eigenvalue weighted by atomic mass is 16.2. The van der Waals surface area contributed by atoms with Gasteiger partial charge in [0.25, 0.3) is 0 Å². The number of amides is 1. The van der Waals surface area contributed by atoms with Gasteiger partial charge in [-0.15, -0.1) is 0 Å². The number of nitrogens with one attached hydrogen (secondary N) is 1. The van der Waals surface area contributed by atoms with Gasteiger partial charge in [0.2, 0.25) is 5.91 Å². The summed E-state index contributed by atoms with van der Waals surface area (Å²) in [6.45, 7) is 4.02. The molecule has 0 atom stereocenters. The molecule has 1 aromatic carbocycles. The molecule has 0 aliphatic carbocycles. The lowest BCUT2D eigenvalue weighted by atomic mass is 10.1. The van der Waals surface area contributed by atoms with Crippen LogP contribution in [-0.2, 0) is 4.79 Å². The normalized spacial score (nSPS) is 9.94. The summed E-state index contributed by atoms with van der Waals surface area (Å²) in [4.78, 5) is 13.4. The third kappa shape index (κ3) is 3.39. The van der Waals surface area contributed by atoms with Crippen LogP contribution in [0, 0.1) is 11.3 Å². The Morgan fingerprint density at radius 3 is 2.78 bits per heavy atom. The molecule has 96 valence electrons. The van der Waals surface area contributed by atoms with Crippen LogP contribution in [0.3, 0.4) is 0 Å². The number of benzene rings is 1. The van der Waals surface area contributed by atoms with Gasteiger partial charge in [-0.3, -0.25) is 4.79 Å². The summed E-state index contributed by atoms with van der Waals surface area (Å²) in [5.41, 5.74) is 7.39. The van der Waals surface area contributed by atoms with Crippen molar-refractivity contribution >= 4 is 17.3 Å². The van der Waals surface area contributed by atoms with Gasteiger partial charge >= 0.3 is 0 Å². The molecule has 0 heterocycles. The van der Waals surface area contributed by atoms with Crippen molar-refractivity contribution in [2.24, 2.45) is 0 Å². The quantitative estimate of drug-likeness (QED) is 0.779. The molecule has 0 aliphatic heterocycles. The molecule has 0 aliphatic rings. The number of anilines is 2. The van der Waals surface area contributed by atoms with E-state index in [4.69, 9.17) is 11.0 Å². The number of likely N-dealkylation sites (N-methyl/N-ethyl adjacent to an activating group) is 1. The molecule has 3 N–H and O–H groups in total. The third-order valence-corrected chi connectivity index (χ3v) is 2.45. The standard InChI is InChI=1S/C13H18N4O/c1-9(2)16-12(18)8-17(3)11-6-4-5-10(7-14)13(11)15/h4-6,9H,8,15H2,1-3H3,(H,16,18). The first-order chi connectivity index (χ1) is 8.45. The van der Waals surface area contributed by atoms with Crippen LogP contribution in [0.2, 0.25) is 0 Å². The van der Waals surface area contributed by atoms with Crippen molar-refractivity contribution < 1.29 is 4.79 Å². The summed E-state index contributed by atoms with van der Waals surface area (Å²) in [6, 6.07) is 7.32. The average molecular weight is 246 g/mol. The van der Waals surface area contributed by atoms with Crippen molar-refractivity contribution in [3.8, 4) is 6.07 Å². The van der Waals surface area contributed by atoms with E-state index in [1.54, 1.807) is 30.1 Å². The first-order valence-electron chi connectivity index (χ1n) is 5.74. The Labute approximate surface area is 107 Å². The summed E-state index contributed by atoms with van der Waals surface area (Å²) in [5, 5.41) is 11.7. The third-order valence-electron chi connectivity index (χ3n) is 2.45. The lowest BCUT2D eigenvalue weighted by Gasteiger charge is -2.21. The minimum atomic E-state index is -0.0748. The van der Waals surface area contributed by atoms with Crippen molar-refractivity contribution in [1.82, 2.24) is 5.32 Å². The maximum Gasteiger partial charge on any atom is 0.239 e. The number of rotatable bonds is 4. The second-order valence-corrected chi connectivity index (χ2v) is 4.43. The fraction of sp³-hybridized carbons (Fsp3) is 0.385. The molecule has 0 unspecified atom stereocenters. The van der Waals surface area contributed by atoms with Crippen LogP contribution in [0.5, 0.6) is 0 Å². The Hall–Kier alpha value is -2.22. The zero-order valence-corrected chi connectivity index (χ0v) is 10.9. The Balaban J connectivity index is 2.82. The number of nitrogens with zero attached hydrogens (tertiary/aromatic N) is 2. The molecule has 1 rings (SSSR count). The van der Waals surface area contributed by atoms with Gasteiger partial charge < -0.3 is 16.0 Å². The molecule has 0 fully saturated rings. The number of carbonyl (C=O) groups is 1. The lowest BCUT2D eigenvalue weighted by Crippen LogP contribution is -2.38. The van der Waals surface area contributed by atoms with Crippen molar-refractivity contribution in [3.63, 3.8) is 0 Å². The van der Waals surface area contributed by atoms with E-state index in [0.29, 0.717) is 16.9 Å². The monoisotopic (exact) mass is 246 g/mol. The SMILES string of the molecule is CC(C)NC(=O)CN(C)c1cccc(C#N)c1N. The molecule has 1 amide bonds. The van der Waals surface area contributed by atoms with Gasteiger partial charge in [-0.2, -0.15) is 5.26 Å². The minimum absolute atomic E-state index is 0.0748. The maximum atomic E-state index is 11.6. The Kier molecular flexibility index (Phi) is 4.55. The molecule has 0 radical (unpaired) electrons. The fourth-order valence-corrected chi connectivity index (χ4v) is 1.65. The number of hydrogen-bond acceptors (Lipinski definition) is 4. The zero-order chi connectivity index (χ0) is 13.7. The second kappa shape index (κ2) is 5.92. The molecule has 0 aromatic heterocycles. The molecule has 1 aromatic rings. The van der Waals surface area contributed by atoms with E-state index in [1.807, 2.05) is 19.9 Å². The van der Waals surface area contributed by atoms with Crippen LogP contribution in [0.4, 0.5) is 11.4 Å². The smallest absolute Gasteiger partial charge is 0.239 e. The molecule has 0 bridgehead atoms. The number of nitrogens with two attached hydrogens (primary N) is 1. The maximum absolute atomic E-state index is 11.6. The van der Waals surface area contributed by atoms with Crippen LogP contribution in [-0.4, -0.2) is 25.5 Å². The van der Waals surface area contributed by atoms with E-state index in [1.165, 1.54) is 0 Å². The van der Waals surface area contributed by atoms with Crippen LogP contribution in [0.1, 0.15) is 19.4 Å². The summed E-state index contributed by atoms with van der Waals surface area (Å²) < 4.78 is 0. The number of para-hydroxylation sites is 1. The molecular weight excluding hydrogens is 228 g/mol. The topological polar surface area (TPSA) is 82.2 Å². The van der Waals surface area contributed by atoms with E-state index >= 15 is 0 Å². The van der Waals surface area contributed by atoms with Gasteiger partial charge in [-0.1, -0.05) is 6.07 Å². The predicted molar refractivity (Wildman–Crippen MR) is 72.1 cm³/mol. The number of nitrogen functional groups attached to an aromatic ring is 1. The lowest BCUT2D eigenvalue weighted by molar-refractivity contribution is -0.120. The van der Waals surface area contributed by atoms with Crippen LogP contribution < -0.4 is 16.0 Å². The van der Waals surface area contributed by atoms with E-state index < -0.39 is 0 Å². The summed E-state index contributed by atoms with van der Waals surface area (Å²) in [6.07, 6.45) is 0. The molecule has 5 heteroatoms. The highest BCUT2D eigenvalue weighted by molar-refractivity contribution is 5.84. The zero-order valence-electron chi connectivity index (χ0n) is 10.9. The number of carbonyl (C=O) groups excluding carboxylic acids is 1. The van der Waals surface area contributed by atoms with Crippen molar-refractivity contribution in [2.45, 2.75) is 19.9 Å². The van der Waals surface area contributed by atoms with E-state index in [2.05, 4.69) is 5.32 Å². The van der Waals surface area contributed by atoms with Gasteiger partial charge in [0.05, 0.1) is 23.5 Å². The predicted octanol–water partition coefficient (Wildman–Crippen LogP) is 1.10. The first kappa shape index (κ1) is 13.8. The van der Waals surface area contributed by atoms with Gasteiger partial charge in [0, 0.05) is 13.1 Å². The van der Waals surface area contributed by atoms with Crippen molar-refractivity contribution in [2.75, 3.05) is 24.2 Å². The average Bonchev–Trinajstić information content (AvgIpc) is 2.27. The minimum Gasteiger partial charge on any atom is -0.396 e. The number of nitriles is 1. The van der Waals surface area contributed by atoms with Gasteiger partial charge in [-0.25, -0.2) is 0 Å². The Bertz CT molecular complexity index is 476. The summed E-state index contributed by atoms with van der Waals surface area (Å²) >= 11 is 0. The van der Waals surface area contributed by atoms with Crippen LogP contribution >= 0.6 is 0 Å². The van der Waals surface area contributed by atoms with Crippen LogP contribution in [0.15, 0.2) is 18.2 Å². The fourth-order valence-electron chi connectivity index (χ4n) is 1.65. The molecule has 0 saturated carbocycles. The second-order valence-electron chi connectivity index (χ2n) is 4.43. The Morgan fingerprint density at radius 1 is 1.56 bits per heavy atom. The summed E-state index contributed by atoms with van der Waals surface area (Å²) in [7, 11) is 1.77. The van der Waals surface area contributed by atoms with E-state index in [-0.39, 0.29) is 18.5 Å². The molecule has 5 nitrogen and oxygen atoms in total. The van der Waals surface area contributed by atoms with E-state index in [9.17, 15) is 4.79 Å². The van der Waals surface area contributed by atoms with Gasteiger partial charge in [0.1, 0.15) is 6.07 Å². The van der Waals surface area contributed by atoms with Gasteiger partial charge in [0.15, 0.2) is 0 Å². The Morgan fingerprint density at radius 2 is 2.22 bits per heavy atom. The number of hydrogen-bond donors (Lipinski definition) is 2. The molecule has 18 heavy (non-hydrogen) atoms. The van der Waals surface area contributed by atoms with Crippen LogP contribution in [0.25, 0.3) is 0 Å². The molecule has 0 saturated heterocycles. The van der Waals surface area contributed by atoms with Gasteiger partial charge in [-0.05, 0) is 26.0 Å². The molecule has 0 spiro atoms. The first-order valence-corrected chi connectivity index (χ1v) is 5.74. The summed E-state index contributed by atoms with van der Waals surface area (Å²) in [5.74, 6) is -0.0748. The van der Waals surface area contributed by atoms with Crippen molar-refractivity contribution in [1.29, 1.82) is 5.26 Å².